The Morgan fingerprint density at radius 1 is 0.906 bits per heavy atom. The van der Waals surface area contributed by atoms with Gasteiger partial charge in [-0.1, -0.05) is 48.5 Å². The lowest BCUT2D eigenvalue weighted by Gasteiger charge is -2.22. The minimum Gasteiger partial charge on any atom is -0.467 e. The summed E-state index contributed by atoms with van der Waals surface area (Å²) in [5.41, 5.74) is 5.67. The van der Waals surface area contributed by atoms with Crippen molar-refractivity contribution in [2.24, 2.45) is 0 Å². The number of nitrogens with one attached hydrogen (secondary N) is 1. The predicted molar refractivity (Wildman–Crippen MR) is 125 cm³/mol. The van der Waals surface area contributed by atoms with Crippen LogP contribution in [0.5, 0.6) is 0 Å². The standard InChI is InChI=1S/C27H23N3O2/c1-19-28-25-13-12-23(16-26(25)29-19)27(31)30(18-24-11-6-14-32-24)17-20-7-5-10-22(15-20)21-8-3-2-4-9-21/h2-16H,17-18H2,1H3,(H,28,29). The van der Waals surface area contributed by atoms with Crippen LogP contribution in [0.3, 0.4) is 0 Å². The van der Waals surface area contributed by atoms with E-state index in [-0.39, 0.29) is 5.91 Å². The van der Waals surface area contributed by atoms with Crippen LogP contribution in [0.15, 0.2) is 95.6 Å². The summed E-state index contributed by atoms with van der Waals surface area (Å²) in [4.78, 5) is 23.0. The van der Waals surface area contributed by atoms with Gasteiger partial charge >= 0.3 is 0 Å². The number of H-pyrrole nitrogens is 1. The number of aryl methyl sites for hydroxylation is 1. The third kappa shape index (κ3) is 4.18. The number of imidazole rings is 1. The Morgan fingerprint density at radius 2 is 1.75 bits per heavy atom. The molecule has 0 unspecified atom stereocenters. The van der Waals surface area contributed by atoms with Gasteiger partial charge in [0.1, 0.15) is 11.6 Å². The number of hydrogen-bond donors (Lipinski definition) is 1. The van der Waals surface area contributed by atoms with Gasteiger partial charge < -0.3 is 14.3 Å². The van der Waals surface area contributed by atoms with Crippen LogP contribution in [-0.4, -0.2) is 20.8 Å². The molecule has 2 aromatic heterocycles. The molecule has 0 bridgehead atoms. The zero-order valence-electron chi connectivity index (χ0n) is 17.8. The van der Waals surface area contributed by atoms with E-state index >= 15 is 0 Å². The summed E-state index contributed by atoms with van der Waals surface area (Å²) in [6, 6.07) is 27.9. The molecule has 1 amide bonds. The molecule has 3 aromatic carbocycles. The van der Waals surface area contributed by atoms with Crippen molar-refractivity contribution in [3.63, 3.8) is 0 Å². The van der Waals surface area contributed by atoms with Gasteiger partial charge in [0, 0.05) is 12.1 Å². The van der Waals surface area contributed by atoms with Crippen molar-refractivity contribution in [2.75, 3.05) is 0 Å². The van der Waals surface area contributed by atoms with Crippen molar-refractivity contribution < 1.29 is 9.21 Å². The maximum absolute atomic E-state index is 13.5. The Kier molecular flexibility index (Phi) is 5.30. The first-order valence-electron chi connectivity index (χ1n) is 10.6. The van der Waals surface area contributed by atoms with Crippen LogP contribution in [0, 0.1) is 6.92 Å². The van der Waals surface area contributed by atoms with E-state index in [1.165, 1.54) is 0 Å². The molecule has 0 spiro atoms. The maximum Gasteiger partial charge on any atom is 0.254 e. The van der Waals surface area contributed by atoms with Crippen LogP contribution in [0.1, 0.15) is 27.5 Å². The van der Waals surface area contributed by atoms with E-state index < -0.39 is 0 Å². The number of benzene rings is 3. The summed E-state index contributed by atoms with van der Waals surface area (Å²) in [6.45, 7) is 2.77. The topological polar surface area (TPSA) is 62.1 Å². The number of hydrogen-bond acceptors (Lipinski definition) is 3. The predicted octanol–water partition coefficient (Wildman–Crippen LogP) is 5.97. The molecule has 158 valence electrons. The number of nitrogens with zero attached hydrogens (tertiary/aromatic N) is 2. The second kappa shape index (κ2) is 8.55. The first-order valence-corrected chi connectivity index (χ1v) is 10.6. The van der Waals surface area contributed by atoms with E-state index in [1.54, 1.807) is 6.26 Å². The number of rotatable bonds is 6. The molecule has 32 heavy (non-hydrogen) atoms. The molecule has 5 nitrogen and oxygen atoms in total. The van der Waals surface area contributed by atoms with Gasteiger partial charge in [0.05, 0.1) is 23.8 Å². The SMILES string of the molecule is Cc1nc2ccc(C(=O)N(Cc3cccc(-c4ccccc4)c3)Cc3ccco3)cc2[nH]1. The average molecular weight is 422 g/mol. The highest BCUT2D eigenvalue weighted by Crippen LogP contribution is 2.23. The van der Waals surface area contributed by atoms with Gasteiger partial charge in [0.2, 0.25) is 0 Å². The number of furan rings is 1. The molecule has 2 heterocycles. The van der Waals surface area contributed by atoms with Crippen LogP contribution in [0.25, 0.3) is 22.2 Å². The highest BCUT2D eigenvalue weighted by molar-refractivity contribution is 5.97. The minimum absolute atomic E-state index is 0.0549. The highest BCUT2D eigenvalue weighted by atomic mass is 16.3. The van der Waals surface area contributed by atoms with E-state index in [1.807, 2.05) is 66.4 Å². The van der Waals surface area contributed by atoms with E-state index in [0.29, 0.717) is 18.7 Å². The molecule has 0 saturated heterocycles. The summed E-state index contributed by atoms with van der Waals surface area (Å²) in [7, 11) is 0. The Morgan fingerprint density at radius 3 is 2.56 bits per heavy atom. The van der Waals surface area contributed by atoms with E-state index in [2.05, 4.69) is 40.3 Å². The molecular formula is C27H23N3O2. The van der Waals surface area contributed by atoms with E-state index in [4.69, 9.17) is 4.42 Å². The van der Waals surface area contributed by atoms with Gasteiger partial charge in [0.15, 0.2) is 0 Å². The van der Waals surface area contributed by atoms with Crippen molar-refractivity contribution in [2.45, 2.75) is 20.0 Å². The molecule has 0 fully saturated rings. The van der Waals surface area contributed by atoms with Crippen molar-refractivity contribution >= 4 is 16.9 Å². The number of fused-ring (bicyclic) bond motifs is 1. The van der Waals surface area contributed by atoms with Gasteiger partial charge in [-0.05, 0) is 60.0 Å². The van der Waals surface area contributed by atoms with Gasteiger partial charge in [-0.25, -0.2) is 4.98 Å². The van der Waals surface area contributed by atoms with Crippen LogP contribution in [-0.2, 0) is 13.1 Å². The number of carbonyl (C=O) groups excluding carboxylic acids is 1. The molecule has 0 saturated carbocycles. The van der Waals surface area contributed by atoms with Crippen LogP contribution in [0.4, 0.5) is 0 Å². The van der Waals surface area contributed by atoms with E-state index in [9.17, 15) is 4.79 Å². The Hall–Kier alpha value is -4.12. The molecule has 0 atom stereocenters. The molecule has 0 aliphatic heterocycles. The monoisotopic (exact) mass is 421 g/mol. The maximum atomic E-state index is 13.5. The first kappa shape index (κ1) is 19.8. The Labute approximate surface area is 186 Å². The van der Waals surface area contributed by atoms with Crippen LogP contribution >= 0.6 is 0 Å². The number of amides is 1. The molecule has 5 aromatic rings. The quantitative estimate of drug-likeness (QED) is 0.367. The molecule has 0 radical (unpaired) electrons. The normalized spacial score (nSPS) is 11.0. The largest absolute Gasteiger partial charge is 0.467 e. The lowest BCUT2D eigenvalue weighted by Crippen LogP contribution is -2.30. The average Bonchev–Trinajstić information content (AvgIpc) is 3.47. The van der Waals surface area contributed by atoms with Crippen LogP contribution in [0.2, 0.25) is 0 Å². The zero-order chi connectivity index (χ0) is 21.9. The fourth-order valence-corrected chi connectivity index (χ4v) is 3.94. The molecule has 0 aliphatic carbocycles. The van der Waals surface area contributed by atoms with Gasteiger partial charge in [-0.2, -0.15) is 0 Å². The Balaban J connectivity index is 1.46. The van der Waals surface area contributed by atoms with Crippen LogP contribution < -0.4 is 0 Å². The Bertz CT molecular complexity index is 1350. The van der Waals surface area contributed by atoms with Gasteiger partial charge in [-0.3, -0.25) is 4.79 Å². The molecule has 1 N–H and O–H groups in total. The number of carbonyl (C=O) groups is 1. The third-order valence-electron chi connectivity index (χ3n) is 5.47. The summed E-state index contributed by atoms with van der Waals surface area (Å²) in [5.74, 6) is 1.52. The lowest BCUT2D eigenvalue weighted by molar-refractivity contribution is 0.0718. The molecule has 5 rings (SSSR count). The summed E-state index contributed by atoms with van der Waals surface area (Å²) in [6.07, 6.45) is 1.63. The summed E-state index contributed by atoms with van der Waals surface area (Å²) in [5, 5.41) is 0. The van der Waals surface area contributed by atoms with Crippen molar-refractivity contribution in [1.29, 1.82) is 0 Å². The molecular weight excluding hydrogens is 398 g/mol. The zero-order valence-corrected chi connectivity index (χ0v) is 17.8. The second-order valence-electron chi connectivity index (χ2n) is 7.86. The second-order valence-corrected chi connectivity index (χ2v) is 7.86. The fraction of sp³-hybridized carbons (Fsp3) is 0.111. The van der Waals surface area contributed by atoms with Crippen molar-refractivity contribution in [3.8, 4) is 11.1 Å². The highest BCUT2D eigenvalue weighted by Gasteiger charge is 2.19. The lowest BCUT2D eigenvalue weighted by atomic mass is 10.0. The molecule has 5 heteroatoms. The molecule has 0 aliphatic rings. The number of aromatic amines is 1. The smallest absolute Gasteiger partial charge is 0.254 e. The van der Waals surface area contributed by atoms with Gasteiger partial charge in [-0.15, -0.1) is 0 Å². The number of aromatic nitrogens is 2. The van der Waals surface area contributed by atoms with Gasteiger partial charge in [0.25, 0.3) is 5.91 Å². The third-order valence-corrected chi connectivity index (χ3v) is 5.47. The van der Waals surface area contributed by atoms with E-state index in [0.717, 1.165) is 39.3 Å². The first-order chi connectivity index (χ1) is 15.7. The van der Waals surface area contributed by atoms with Crippen molar-refractivity contribution in [1.82, 2.24) is 14.9 Å². The summed E-state index contributed by atoms with van der Waals surface area (Å²) < 4.78 is 5.54. The fourth-order valence-electron chi connectivity index (χ4n) is 3.94. The minimum atomic E-state index is -0.0549. The van der Waals surface area contributed by atoms with Crippen molar-refractivity contribution in [3.05, 3.63) is 114 Å². The summed E-state index contributed by atoms with van der Waals surface area (Å²) >= 11 is 0.